The second-order valence-corrected chi connectivity index (χ2v) is 7.86. The van der Waals surface area contributed by atoms with E-state index in [0.717, 1.165) is 50.4 Å². The molecular weight excluding hydrogens is 356 g/mol. The van der Waals surface area contributed by atoms with E-state index in [1.165, 1.54) is 11.1 Å². The van der Waals surface area contributed by atoms with Gasteiger partial charge < -0.3 is 16.0 Å². The molecule has 0 unspecified atom stereocenters. The van der Waals surface area contributed by atoms with Crippen molar-refractivity contribution in [1.29, 1.82) is 0 Å². The van der Waals surface area contributed by atoms with E-state index in [9.17, 15) is 0 Å². The van der Waals surface area contributed by atoms with Crippen LogP contribution in [-0.2, 0) is 0 Å². The maximum absolute atomic E-state index is 6.02. The number of benzene rings is 2. The van der Waals surface area contributed by atoms with Crippen LogP contribution in [0.5, 0.6) is 0 Å². The summed E-state index contributed by atoms with van der Waals surface area (Å²) in [6, 6.07) is 26.0. The van der Waals surface area contributed by atoms with E-state index in [2.05, 4.69) is 75.9 Å². The molecule has 0 atom stereocenters. The van der Waals surface area contributed by atoms with Crippen LogP contribution in [0.2, 0.25) is 0 Å². The van der Waals surface area contributed by atoms with Gasteiger partial charge in [-0.05, 0) is 49.1 Å². The van der Waals surface area contributed by atoms with Crippen molar-refractivity contribution in [2.24, 2.45) is 0 Å². The average molecular weight is 387 g/mol. The molecule has 0 saturated carbocycles. The molecular formula is C25H30N4. The summed E-state index contributed by atoms with van der Waals surface area (Å²) in [5.74, 6) is 1.26. The van der Waals surface area contributed by atoms with E-state index in [4.69, 9.17) is 5.73 Å². The first-order valence-corrected chi connectivity index (χ1v) is 10.6. The number of nitrogens with zero attached hydrogens (tertiary/aromatic N) is 2. The third-order valence-electron chi connectivity index (χ3n) is 5.91. The van der Waals surface area contributed by atoms with Crippen LogP contribution in [0, 0.1) is 0 Å². The lowest BCUT2D eigenvalue weighted by atomic mass is 9.88. The SMILES string of the molecule is Nc1cccnc1NC1CCN(CCC(c2ccccc2)c2ccccc2)CC1. The quantitative estimate of drug-likeness (QED) is 0.615. The number of rotatable bonds is 7. The summed E-state index contributed by atoms with van der Waals surface area (Å²) in [5.41, 5.74) is 9.55. The monoisotopic (exact) mass is 386 g/mol. The molecule has 1 saturated heterocycles. The lowest BCUT2D eigenvalue weighted by Crippen LogP contribution is -2.40. The Morgan fingerprint density at radius 3 is 2.10 bits per heavy atom. The van der Waals surface area contributed by atoms with Crippen LogP contribution < -0.4 is 11.1 Å². The Morgan fingerprint density at radius 2 is 1.52 bits per heavy atom. The van der Waals surface area contributed by atoms with E-state index in [-0.39, 0.29) is 0 Å². The fraction of sp³-hybridized carbons (Fsp3) is 0.320. The molecule has 0 radical (unpaired) electrons. The van der Waals surface area contributed by atoms with Crippen LogP contribution >= 0.6 is 0 Å². The zero-order valence-electron chi connectivity index (χ0n) is 16.9. The van der Waals surface area contributed by atoms with Gasteiger partial charge in [-0.3, -0.25) is 0 Å². The maximum atomic E-state index is 6.02. The van der Waals surface area contributed by atoms with Gasteiger partial charge >= 0.3 is 0 Å². The largest absolute Gasteiger partial charge is 0.396 e. The van der Waals surface area contributed by atoms with Gasteiger partial charge in [0, 0.05) is 31.2 Å². The highest BCUT2D eigenvalue weighted by Crippen LogP contribution is 2.29. The van der Waals surface area contributed by atoms with Crippen molar-refractivity contribution in [2.45, 2.75) is 31.2 Å². The van der Waals surface area contributed by atoms with E-state index in [1.54, 1.807) is 6.20 Å². The van der Waals surface area contributed by atoms with E-state index >= 15 is 0 Å². The Kier molecular flexibility index (Phi) is 6.42. The fourth-order valence-electron chi connectivity index (χ4n) is 4.24. The molecule has 2 heterocycles. The van der Waals surface area contributed by atoms with Crippen molar-refractivity contribution in [3.8, 4) is 0 Å². The molecule has 1 aromatic heterocycles. The number of likely N-dealkylation sites (tertiary alicyclic amines) is 1. The van der Waals surface area contributed by atoms with Gasteiger partial charge in [-0.15, -0.1) is 0 Å². The lowest BCUT2D eigenvalue weighted by Gasteiger charge is -2.33. The van der Waals surface area contributed by atoms with Crippen LogP contribution in [0.1, 0.15) is 36.3 Å². The smallest absolute Gasteiger partial charge is 0.149 e. The zero-order valence-corrected chi connectivity index (χ0v) is 16.9. The van der Waals surface area contributed by atoms with Crippen LogP contribution in [0.15, 0.2) is 79.0 Å². The van der Waals surface area contributed by atoms with Gasteiger partial charge in [0.2, 0.25) is 0 Å². The summed E-state index contributed by atoms with van der Waals surface area (Å²) in [6.45, 7) is 3.34. The first-order chi connectivity index (χ1) is 14.3. The summed E-state index contributed by atoms with van der Waals surface area (Å²) in [6.07, 6.45) is 5.18. The van der Waals surface area contributed by atoms with Gasteiger partial charge in [-0.1, -0.05) is 60.7 Å². The topological polar surface area (TPSA) is 54.2 Å². The van der Waals surface area contributed by atoms with Crippen molar-refractivity contribution in [3.05, 3.63) is 90.1 Å². The first kappa shape index (κ1) is 19.5. The van der Waals surface area contributed by atoms with Crippen molar-refractivity contribution in [2.75, 3.05) is 30.7 Å². The maximum Gasteiger partial charge on any atom is 0.149 e. The fourth-order valence-corrected chi connectivity index (χ4v) is 4.24. The standard InChI is InChI=1S/C25H30N4/c26-24-12-7-16-27-25(24)28-22-13-17-29(18-14-22)19-15-23(20-8-3-1-4-9-20)21-10-5-2-6-11-21/h1-12,16,22-23H,13-15,17-19,26H2,(H,27,28). The summed E-state index contributed by atoms with van der Waals surface area (Å²) < 4.78 is 0. The Labute approximate surface area is 173 Å². The predicted molar refractivity (Wildman–Crippen MR) is 121 cm³/mol. The van der Waals surface area contributed by atoms with Gasteiger partial charge in [0.25, 0.3) is 0 Å². The van der Waals surface area contributed by atoms with Gasteiger partial charge in [0.05, 0.1) is 5.69 Å². The zero-order chi connectivity index (χ0) is 19.9. The summed E-state index contributed by atoms with van der Waals surface area (Å²) >= 11 is 0. The second kappa shape index (κ2) is 9.57. The number of anilines is 2. The molecule has 0 aliphatic carbocycles. The number of pyridine rings is 1. The third kappa shape index (κ3) is 5.15. The molecule has 4 heteroatoms. The molecule has 0 bridgehead atoms. The molecule has 4 nitrogen and oxygen atoms in total. The summed E-state index contributed by atoms with van der Waals surface area (Å²) in [7, 11) is 0. The van der Waals surface area contributed by atoms with E-state index in [0.29, 0.717) is 12.0 Å². The number of nitrogens with two attached hydrogens (primary N) is 1. The minimum absolute atomic E-state index is 0.446. The molecule has 150 valence electrons. The van der Waals surface area contributed by atoms with Gasteiger partial charge in [0.1, 0.15) is 5.82 Å². The van der Waals surface area contributed by atoms with Crippen LogP contribution in [0.3, 0.4) is 0 Å². The molecule has 3 aromatic rings. The van der Waals surface area contributed by atoms with Gasteiger partial charge in [-0.25, -0.2) is 4.98 Å². The molecule has 1 fully saturated rings. The Bertz CT molecular complexity index is 834. The van der Waals surface area contributed by atoms with Crippen molar-refractivity contribution in [1.82, 2.24) is 9.88 Å². The van der Waals surface area contributed by atoms with Crippen molar-refractivity contribution >= 4 is 11.5 Å². The molecule has 29 heavy (non-hydrogen) atoms. The minimum Gasteiger partial charge on any atom is -0.396 e. The summed E-state index contributed by atoms with van der Waals surface area (Å²) in [4.78, 5) is 6.96. The van der Waals surface area contributed by atoms with Crippen molar-refractivity contribution < 1.29 is 0 Å². The molecule has 4 rings (SSSR count). The number of nitrogen functional groups attached to an aromatic ring is 1. The second-order valence-electron chi connectivity index (χ2n) is 7.86. The Morgan fingerprint density at radius 1 is 0.897 bits per heavy atom. The summed E-state index contributed by atoms with van der Waals surface area (Å²) in [5, 5.41) is 3.52. The Balaban J connectivity index is 1.33. The molecule has 0 amide bonds. The third-order valence-corrected chi connectivity index (χ3v) is 5.91. The highest BCUT2D eigenvalue weighted by molar-refractivity contribution is 5.60. The highest BCUT2D eigenvalue weighted by Gasteiger charge is 2.21. The molecule has 2 aromatic carbocycles. The highest BCUT2D eigenvalue weighted by atomic mass is 15.1. The van der Waals surface area contributed by atoms with Gasteiger partial charge in [0.15, 0.2) is 0 Å². The number of hydrogen-bond acceptors (Lipinski definition) is 4. The molecule has 1 aliphatic heterocycles. The van der Waals surface area contributed by atoms with Crippen molar-refractivity contribution in [3.63, 3.8) is 0 Å². The average Bonchev–Trinajstić information content (AvgIpc) is 2.78. The van der Waals surface area contributed by atoms with E-state index < -0.39 is 0 Å². The number of hydrogen-bond donors (Lipinski definition) is 2. The molecule has 0 spiro atoms. The van der Waals surface area contributed by atoms with Crippen LogP contribution in [0.4, 0.5) is 11.5 Å². The minimum atomic E-state index is 0.446. The predicted octanol–water partition coefficient (Wildman–Crippen LogP) is 4.76. The molecule has 3 N–H and O–H groups in total. The number of aromatic nitrogens is 1. The normalized spacial score (nSPS) is 15.5. The van der Waals surface area contributed by atoms with Gasteiger partial charge in [-0.2, -0.15) is 0 Å². The van der Waals surface area contributed by atoms with Crippen LogP contribution in [-0.4, -0.2) is 35.6 Å². The molecule has 1 aliphatic rings. The Hall–Kier alpha value is -2.85. The lowest BCUT2D eigenvalue weighted by molar-refractivity contribution is 0.214. The van der Waals surface area contributed by atoms with E-state index in [1.807, 2.05) is 12.1 Å². The first-order valence-electron chi connectivity index (χ1n) is 10.6. The number of nitrogens with one attached hydrogen (secondary N) is 1. The van der Waals surface area contributed by atoms with Crippen LogP contribution in [0.25, 0.3) is 0 Å². The number of piperidine rings is 1.